The van der Waals surface area contributed by atoms with Crippen molar-refractivity contribution in [2.75, 3.05) is 7.05 Å². The molecule has 94 valence electrons. The maximum absolute atomic E-state index is 12.0. The number of hydrogen-bond donors (Lipinski definition) is 0. The Hall–Kier alpha value is -1.42. The molecule has 1 heterocycles. The second kappa shape index (κ2) is 4.69. The Bertz CT molecular complexity index is 541. The van der Waals surface area contributed by atoms with Crippen molar-refractivity contribution in [2.45, 2.75) is 25.8 Å². The van der Waals surface area contributed by atoms with Gasteiger partial charge in [-0.3, -0.25) is 4.79 Å². The summed E-state index contributed by atoms with van der Waals surface area (Å²) in [6.07, 6.45) is 3.32. The topological polar surface area (TPSA) is 33.2 Å². The Kier molecular flexibility index (Phi) is 3.04. The van der Waals surface area contributed by atoms with E-state index in [-0.39, 0.29) is 11.8 Å². The molecule has 0 N–H and O–H groups in total. The Morgan fingerprint density at radius 2 is 2.22 bits per heavy atom. The number of rotatable bonds is 3. The van der Waals surface area contributed by atoms with Gasteiger partial charge in [-0.15, -0.1) is 11.3 Å². The van der Waals surface area contributed by atoms with Crippen LogP contribution < -0.4 is 0 Å². The normalized spacial score (nSPS) is 15.6. The molecule has 0 aliphatic heterocycles. The molecule has 1 aliphatic carbocycles. The summed E-state index contributed by atoms with van der Waals surface area (Å²) in [6.45, 7) is 0.634. The van der Waals surface area contributed by atoms with E-state index in [1.54, 1.807) is 11.3 Å². The number of hydrogen-bond acceptors (Lipinski definition) is 3. The highest BCUT2D eigenvalue weighted by Crippen LogP contribution is 2.29. The zero-order chi connectivity index (χ0) is 12.5. The maximum Gasteiger partial charge on any atom is 0.225 e. The summed E-state index contributed by atoms with van der Waals surface area (Å²) in [6, 6.07) is 8.11. The van der Waals surface area contributed by atoms with Crippen LogP contribution in [-0.4, -0.2) is 22.8 Å². The quantitative estimate of drug-likeness (QED) is 0.849. The summed E-state index contributed by atoms with van der Waals surface area (Å²) in [5.41, 5.74) is 1.03. The molecule has 2 aromatic rings. The molecular weight excluding hydrogens is 244 g/mol. The summed E-state index contributed by atoms with van der Waals surface area (Å²) in [5.74, 6) is 0.546. The third-order valence-corrected chi connectivity index (χ3v) is 4.56. The van der Waals surface area contributed by atoms with E-state index in [9.17, 15) is 4.79 Å². The molecular formula is C14H16N2OS. The van der Waals surface area contributed by atoms with Gasteiger partial charge < -0.3 is 4.90 Å². The highest BCUT2D eigenvalue weighted by Gasteiger charge is 2.28. The standard InChI is InChI=1S/C14H16N2OS/c1-16(14(17)10-5-4-6-10)9-13-15-11-7-2-3-8-12(11)18-13/h2-3,7-8,10H,4-6,9H2,1H3. The van der Waals surface area contributed by atoms with E-state index >= 15 is 0 Å². The van der Waals surface area contributed by atoms with Gasteiger partial charge in [-0.25, -0.2) is 4.98 Å². The lowest BCUT2D eigenvalue weighted by molar-refractivity contribution is -0.137. The minimum atomic E-state index is 0.268. The smallest absolute Gasteiger partial charge is 0.225 e. The van der Waals surface area contributed by atoms with Gasteiger partial charge in [0.2, 0.25) is 5.91 Å². The molecule has 1 fully saturated rings. The van der Waals surface area contributed by atoms with Crippen molar-refractivity contribution in [3.63, 3.8) is 0 Å². The largest absolute Gasteiger partial charge is 0.339 e. The summed E-state index contributed by atoms with van der Waals surface area (Å²) in [7, 11) is 1.88. The molecule has 1 saturated carbocycles. The van der Waals surface area contributed by atoms with Crippen molar-refractivity contribution in [3.8, 4) is 0 Å². The van der Waals surface area contributed by atoms with Crippen LogP contribution in [0, 0.1) is 5.92 Å². The summed E-state index contributed by atoms with van der Waals surface area (Å²) in [5, 5.41) is 1.02. The fourth-order valence-electron chi connectivity index (χ4n) is 2.24. The van der Waals surface area contributed by atoms with E-state index in [4.69, 9.17) is 0 Å². The molecule has 1 aliphatic rings. The molecule has 0 atom stereocenters. The first-order valence-electron chi connectivity index (χ1n) is 6.33. The Labute approximate surface area is 110 Å². The number of thiazole rings is 1. The molecule has 1 aromatic heterocycles. The van der Waals surface area contributed by atoms with Crippen LogP contribution in [0.5, 0.6) is 0 Å². The van der Waals surface area contributed by atoms with Gasteiger partial charge in [-0.05, 0) is 25.0 Å². The molecule has 0 bridgehead atoms. The number of nitrogens with zero attached hydrogens (tertiary/aromatic N) is 2. The molecule has 0 radical (unpaired) electrons. The molecule has 1 aromatic carbocycles. The van der Waals surface area contributed by atoms with Crippen LogP contribution in [0.15, 0.2) is 24.3 Å². The average molecular weight is 260 g/mol. The highest BCUT2D eigenvalue weighted by molar-refractivity contribution is 7.18. The van der Waals surface area contributed by atoms with Gasteiger partial charge in [0, 0.05) is 13.0 Å². The van der Waals surface area contributed by atoms with E-state index in [0.29, 0.717) is 6.54 Å². The van der Waals surface area contributed by atoms with E-state index in [1.807, 2.05) is 30.1 Å². The SMILES string of the molecule is CN(Cc1nc2ccccc2s1)C(=O)C1CCC1. The lowest BCUT2D eigenvalue weighted by Gasteiger charge is -2.28. The van der Waals surface area contributed by atoms with Crippen LogP contribution in [-0.2, 0) is 11.3 Å². The first kappa shape index (κ1) is 11.7. The molecule has 4 heteroatoms. The van der Waals surface area contributed by atoms with E-state index in [2.05, 4.69) is 11.1 Å². The molecule has 0 spiro atoms. The number of amides is 1. The molecule has 1 amide bonds. The number of benzene rings is 1. The summed E-state index contributed by atoms with van der Waals surface area (Å²) in [4.78, 5) is 18.4. The van der Waals surface area contributed by atoms with Crippen LogP contribution in [0.2, 0.25) is 0 Å². The number of carbonyl (C=O) groups excluding carboxylic acids is 1. The molecule has 0 unspecified atom stereocenters. The van der Waals surface area contributed by atoms with Gasteiger partial charge >= 0.3 is 0 Å². The zero-order valence-electron chi connectivity index (χ0n) is 10.4. The number of fused-ring (bicyclic) bond motifs is 1. The number of para-hydroxylation sites is 1. The van der Waals surface area contributed by atoms with Crippen molar-refractivity contribution < 1.29 is 4.79 Å². The third-order valence-electron chi connectivity index (χ3n) is 3.54. The van der Waals surface area contributed by atoms with Gasteiger partial charge in [0.05, 0.1) is 16.8 Å². The lowest BCUT2D eigenvalue weighted by Crippen LogP contribution is -2.35. The van der Waals surface area contributed by atoms with Crippen LogP contribution in [0.25, 0.3) is 10.2 Å². The van der Waals surface area contributed by atoms with Crippen molar-refractivity contribution in [3.05, 3.63) is 29.3 Å². The zero-order valence-corrected chi connectivity index (χ0v) is 11.2. The Balaban J connectivity index is 1.73. The van der Waals surface area contributed by atoms with Gasteiger partial charge in [-0.2, -0.15) is 0 Å². The van der Waals surface area contributed by atoms with Crippen molar-refractivity contribution in [1.29, 1.82) is 0 Å². The third kappa shape index (κ3) is 2.12. The lowest BCUT2D eigenvalue weighted by atomic mass is 9.84. The van der Waals surface area contributed by atoms with Crippen molar-refractivity contribution >= 4 is 27.5 Å². The Morgan fingerprint density at radius 1 is 1.44 bits per heavy atom. The van der Waals surface area contributed by atoms with Gasteiger partial charge in [0.15, 0.2) is 0 Å². The van der Waals surface area contributed by atoms with Crippen LogP contribution in [0.3, 0.4) is 0 Å². The van der Waals surface area contributed by atoms with Gasteiger partial charge in [0.25, 0.3) is 0 Å². The fraction of sp³-hybridized carbons (Fsp3) is 0.429. The maximum atomic E-state index is 12.0. The fourth-order valence-corrected chi connectivity index (χ4v) is 3.26. The summed E-state index contributed by atoms with van der Waals surface area (Å²) < 4.78 is 1.19. The predicted molar refractivity (Wildman–Crippen MR) is 73.4 cm³/mol. The second-order valence-electron chi connectivity index (χ2n) is 4.90. The van der Waals surface area contributed by atoms with E-state index in [1.165, 1.54) is 11.1 Å². The van der Waals surface area contributed by atoms with Crippen LogP contribution in [0.1, 0.15) is 24.3 Å². The summed E-state index contributed by atoms with van der Waals surface area (Å²) >= 11 is 1.68. The molecule has 3 nitrogen and oxygen atoms in total. The second-order valence-corrected chi connectivity index (χ2v) is 6.01. The van der Waals surface area contributed by atoms with Crippen molar-refractivity contribution in [1.82, 2.24) is 9.88 Å². The number of aromatic nitrogens is 1. The Morgan fingerprint density at radius 3 is 2.89 bits per heavy atom. The first-order valence-corrected chi connectivity index (χ1v) is 7.15. The monoisotopic (exact) mass is 260 g/mol. The highest BCUT2D eigenvalue weighted by atomic mass is 32.1. The van der Waals surface area contributed by atoms with E-state index in [0.717, 1.165) is 23.4 Å². The average Bonchev–Trinajstić information content (AvgIpc) is 2.68. The van der Waals surface area contributed by atoms with Crippen LogP contribution in [0.4, 0.5) is 0 Å². The van der Waals surface area contributed by atoms with Gasteiger partial charge in [-0.1, -0.05) is 18.6 Å². The minimum Gasteiger partial charge on any atom is -0.339 e. The number of carbonyl (C=O) groups is 1. The molecule has 3 rings (SSSR count). The minimum absolute atomic E-state index is 0.268. The van der Waals surface area contributed by atoms with Crippen LogP contribution >= 0.6 is 11.3 Å². The molecule has 18 heavy (non-hydrogen) atoms. The predicted octanol–water partition coefficient (Wildman–Crippen LogP) is 3.05. The first-order chi connectivity index (χ1) is 8.74. The van der Waals surface area contributed by atoms with E-state index < -0.39 is 0 Å². The van der Waals surface area contributed by atoms with Gasteiger partial charge in [0.1, 0.15) is 5.01 Å². The van der Waals surface area contributed by atoms with Crippen molar-refractivity contribution in [2.24, 2.45) is 5.92 Å². The molecule has 0 saturated heterocycles.